The predicted octanol–water partition coefficient (Wildman–Crippen LogP) is 4.66. The van der Waals surface area contributed by atoms with Crippen LogP contribution in [0.5, 0.6) is 0 Å². The summed E-state index contributed by atoms with van der Waals surface area (Å²) in [5, 5.41) is 6.05. The zero-order valence-electron chi connectivity index (χ0n) is 17.2. The van der Waals surface area contributed by atoms with Gasteiger partial charge in [0.2, 0.25) is 0 Å². The number of hydrogen-bond acceptors (Lipinski definition) is 4. The van der Waals surface area contributed by atoms with Crippen molar-refractivity contribution in [3.8, 4) is 11.3 Å². The molecule has 0 saturated carbocycles. The summed E-state index contributed by atoms with van der Waals surface area (Å²) in [7, 11) is 1.91. The first kappa shape index (κ1) is 19.8. The molecule has 1 fully saturated rings. The maximum absolute atomic E-state index is 12.4. The van der Waals surface area contributed by atoms with Crippen LogP contribution in [0.1, 0.15) is 39.7 Å². The van der Waals surface area contributed by atoms with Crippen molar-refractivity contribution in [2.24, 2.45) is 7.05 Å². The number of likely N-dealkylation sites (tertiary alicyclic amines) is 1. The van der Waals surface area contributed by atoms with Gasteiger partial charge in [-0.15, -0.1) is 0 Å². The number of aryl methyl sites for hydroxylation is 1. The molecule has 0 bridgehead atoms. The minimum absolute atomic E-state index is 0.236. The lowest BCUT2D eigenvalue weighted by molar-refractivity contribution is 0.0189. The van der Waals surface area contributed by atoms with E-state index in [1.165, 1.54) is 0 Å². The number of pyridine rings is 1. The summed E-state index contributed by atoms with van der Waals surface area (Å²) in [5.41, 5.74) is 2.32. The number of amides is 1. The van der Waals surface area contributed by atoms with Crippen LogP contribution in [0, 0.1) is 0 Å². The molecule has 154 valence electrons. The van der Waals surface area contributed by atoms with E-state index in [-0.39, 0.29) is 12.1 Å². The van der Waals surface area contributed by atoms with E-state index in [0.717, 1.165) is 35.1 Å². The number of aromatic nitrogens is 4. The standard InChI is InChI=1S/C21H26ClN5O2/c1-21(2,3)29-20(28)26-11-7-14(8-12-26)27-13-16(17-9-10-25(4)24-17)15-5-6-18(22)23-19(15)27/h5-6,9-10,13-14H,7-8,11-12H2,1-4H3. The molecular formula is C21H26ClN5O2. The number of nitrogens with zero attached hydrogens (tertiary/aromatic N) is 5. The van der Waals surface area contributed by atoms with Crippen molar-refractivity contribution in [1.29, 1.82) is 0 Å². The molecule has 7 nitrogen and oxygen atoms in total. The van der Waals surface area contributed by atoms with Crippen molar-refractivity contribution in [2.75, 3.05) is 13.1 Å². The second kappa shape index (κ2) is 7.37. The number of halogens is 1. The summed E-state index contributed by atoms with van der Waals surface area (Å²) in [6, 6.07) is 6.05. The molecule has 29 heavy (non-hydrogen) atoms. The van der Waals surface area contributed by atoms with Gasteiger partial charge >= 0.3 is 6.09 Å². The van der Waals surface area contributed by atoms with E-state index in [9.17, 15) is 4.79 Å². The van der Waals surface area contributed by atoms with Crippen molar-refractivity contribution < 1.29 is 9.53 Å². The SMILES string of the molecule is Cn1ccc(-c2cn(C3CCN(C(=O)OC(C)(C)C)CC3)c3nc(Cl)ccc23)n1. The highest BCUT2D eigenvalue weighted by Gasteiger charge is 2.29. The Kier molecular flexibility index (Phi) is 5.02. The van der Waals surface area contributed by atoms with E-state index in [1.807, 2.05) is 52.2 Å². The summed E-state index contributed by atoms with van der Waals surface area (Å²) < 4.78 is 9.49. The molecule has 0 aliphatic carbocycles. The Morgan fingerprint density at radius 1 is 1.21 bits per heavy atom. The third kappa shape index (κ3) is 4.10. The molecule has 1 amide bonds. The molecule has 8 heteroatoms. The third-order valence-corrected chi connectivity index (χ3v) is 5.35. The number of carbonyl (C=O) groups excluding carboxylic acids is 1. The number of hydrogen-bond donors (Lipinski definition) is 0. The molecule has 3 aromatic rings. The molecular weight excluding hydrogens is 390 g/mol. The Labute approximate surface area is 175 Å². The van der Waals surface area contributed by atoms with Crippen molar-refractivity contribution in [3.63, 3.8) is 0 Å². The first-order chi connectivity index (χ1) is 13.7. The molecule has 1 aliphatic heterocycles. The average Bonchev–Trinajstić information content (AvgIpc) is 3.23. The second-order valence-electron chi connectivity index (χ2n) is 8.53. The molecule has 1 aliphatic rings. The van der Waals surface area contributed by atoms with E-state index >= 15 is 0 Å². The van der Waals surface area contributed by atoms with Gasteiger partial charge in [0.15, 0.2) is 0 Å². The number of fused-ring (bicyclic) bond motifs is 1. The lowest BCUT2D eigenvalue weighted by Crippen LogP contribution is -2.42. The van der Waals surface area contributed by atoms with Crippen LogP contribution in [0.25, 0.3) is 22.3 Å². The smallest absolute Gasteiger partial charge is 0.410 e. The summed E-state index contributed by atoms with van der Waals surface area (Å²) in [6.07, 6.45) is 5.46. The minimum Gasteiger partial charge on any atom is -0.444 e. The quantitative estimate of drug-likeness (QED) is 0.571. The zero-order chi connectivity index (χ0) is 20.8. The van der Waals surface area contributed by atoms with Gasteiger partial charge in [0.1, 0.15) is 16.4 Å². The second-order valence-corrected chi connectivity index (χ2v) is 8.92. The Morgan fingerprint density at radius 3 is 2.55 bits per heavy atom. The van der Waals surface area contributed by atoms with Crippen LogP contribution in [-0.4, -0.2) is 49.0 Å². The number of carbonyl (C=O) groups is 1. The molecule has 0 radical (unpaired) electrons. The topological polar surface area (TPSA) is 65.2 Å². The van der Waals surface area contributed by atoms with Gasteiger partial charge in [-0.05, 0) is 51.8 Å². The summed E-state index contributed by atoms with van der Waals surface area (Å²) in [5.74, 6) is 0. The number of piperidine rings is 1. The fourth-order valence-electron chi connectivity index (χ4n) is 3.80. The van der Waals surface area contributed by atoms with Crippen LogP contribution in [-0.2, 0) is 11.8 Å². The molecule has 0 atom stereocenters. The number of rotatable bonds is 2. The molecule has 3 aromatic heterocycles. The summed E-state index contributed by atoms with van der Waals surface area (Å²) in [4.78, 5) is 18.7. The van der Waals surface area contributed by atoms with Crippen LogP contribution in [0.15, 0.2) is 30.6 Å². The highest BCUT2D eigenvalue weighted by Crippen LogP contribution is 2.34. The van der Waals surface area contributed by atoms with Crippen LogP contribution in [0.2, 0.25) is 5.15 Å². The molecule has 0 aromatic carbocycles. The van der Waals surface area contributed by atoms with Gasteiger partial charge in [-0.2, -0.15) is 5.10 Å². The Morgan fingerprint density at radius 2 is 1.93 bits per heavy atom. The van der Waals surface area contributed by atoms with E-state index in [4.69, 9.17) is 16.3 Å². The molecule has 0 N–H and O–H groups in total. The highest BCUT2D eigenvalue weighted by atomic mass is 35.5. The minimum atomic E-state index is -0.483. The van der Waals surface area contributed by atoms with Gasteiger partial charge in [0, 0.05) is 49.5 Å². The fraction of sp³-hybridized carbons (Fsp3) is 0.476. The van der Waals surface area contributed by atoms with Crippen molar-refractivity contribution in [3.05, 3.63) is 35.7 Å². The van der Waals surface area contributed by atoms with E-state index in [0.29, 0.717) is 18.2 Å². The molecule has 4 heterocycles. The zero-order valence-corrected chi connectivity index (χ0v) is 18.0. The predicted molar refractivity (Wildman–Crippen MR) is 113 cm³/mol. The Balaban J connectivity index is 1.60. The fourth-order valence-corrected chi connectivity index (χ4v) is 3.94. The largest absolute Gasteiger partial charge is 0.444 e. The van der Waals surface area contributed by atoms with Gasteiger partial charge in [0.05, 0.1) is 5.69 Å². The van der Waals surface area contributed by atoms with E-state index in [2.05, 4.69) is 20.8 Å². The van der Waals surface area contributed by atoms with Gasteiger partial charge in [0.25, 0.3) is 0 Å². The molecule has 1 saturated heterocycles. The van der Waals surface area contributed by atoms with Crippen LogP contribution in [0.3, 0.4) is 0 Å². The van der Waals surface area contributed by atoms with Crippen LogP contribution >= 0.6 is 11.6 Å². The lowest BCUT2D eigenvalue weighted by Gasteiger charge is -2.34. The highest BCUT2D eigenvalue weighted by molar-refractivity contribution is 6.29. The normalized spacial score (nSPS) is 15.8. The van der Waals surface area contributed by atoms with E-state index < -0.39 is 5.60 Å². The first-order valence-electron chi connectivity index (χ1n) is 9.86. The Bertz CT molecular complexity index is 1040. The van der Waals surface area contributed by atoms with Gasteiger partial charge < -0.3 is 14.2 Å². The van der Waals surface area contributed by atoms with E-state index in [1.54, 1.807) is 9.58 Å². The summed E-state index contributed by atoms with van der Waals surface area (Å²) >= 11 is 6.20. The Hall–Kier alpha value is -2.54. The van der Waals surface area contributed by atoms with Crippen LogP contribution < -0.4 is 0 Å². The maximum Gasteiger partial charge on any atom is 0.410 e. The molecule has 0 spiro atoms. The lowest BCUT2D eigenvalue weighted by atomic mass is 10.1. The van der Waals surface area contributed by atoms with Crippen molar-refractivity contribution >= 4 is 28.7 Å². The van der Waals surface area contributed by atoms with Gasteiger partial charge in [-0.3, -0.25) is 4.68 Å². The molecule has 0 unspecified atom stereocenters. The first-order valence-corrected chi connectivity index (χ1v) is 10.2. The van der Waals surface area contributed by atoms with Crippen molar-refractivity contribution in [2.45, 2.75) is 45.3 Å². The van der Waals surface area contributed by atoms with Gasteiger partial charge in [-0.1, -0.05) is 11.6 Å². The number of ether oxygens (including phenoxy) is 1. The summed E-state index contributed by atoms with van der Waals surface area (Å²) in [6.45, 7) is 6.96. The maximum atomic E-state index is 12.4. The van der Waals surface area contributed by atoms with Crippen molar-refractivity contribution in [1.82, 2.24) is 24.2 Å². The third-order valence-electron chi connectivity index (χ3n) is 5.14. The van der Waals surface area contributed by atoms with Crippen LogP contribution in [0.4, 0.5) is 4.79 Å². The average molecular weight is 416 g/mol. The molecule has 4 rings (SSSR count). The van der Waals surface area contributed by atoms with Gasteiger partial charge in [-0.25, -0.2) is 9.78 Å². The monoisotopic (exact) mass is 415 g/mol.